The van der Waals surface area contributed by atoms with Gasteiger partial charge in [-0.2, -0.15) is 0 Å². The zero-order valence-electron chi connectivity index (χ0n) is 15.3. The SMILES string of the molecule is O=C(C1CC1)N1CCC(N2CC(OCC3CC3)C23CCOCC3)CC1. The summed E-state index contributed by atoms with van der Waals surface area (Å²) in [6.07, 6.45) is 9.87. The first-order valence-electron chi connectivity index (χ1n) is 10.5. The summed E-state index contributed by atoms with van der Waals surface area (Å²) < 4.78 is 12.0. The van der Waals surface area contributed by atoms with Crippen LogP contribution in [0, 0.1) is 11.8 Å². The molecule has 0 aromatic carbocycles. The van der Waals surface area contributed by atoms with Crippen molar-refractivity contribution in [2.24, 2.45) is 11.8 Å². The molecule has 5 fully saturated rings. The lowest BCUT2D eigenvalue weighted by molar-refractivity contribution is -0.217. The predicted octanol–water partition coefficient (Wildman–Crippen LogP) is 2.05. The van der Waals surface area contributed by atoms with Crippen LogP contribution in [-0.2, 0) is 14.3 Å². The lowest BCUT2D eigenvalue weighted by Crippen LogP contribution is -2.76. The van der Waals surface area contributed by atoms with E-state index in [0.717, 1.165) is 83.9 Å². The van der Waals surface area contributed by atoms with Crippen molar-refractivity contribution in [2.45, 2.75) is 69.1 Å². The molecule has 5 nitrogen and oxygen atoms in total. The van der Waals surface area contributed by atoms with Crippen molar-refractivity contribution < 1.29 is 14.3 Å². The maximum Gasteiger partial charge on any atom is 0.225 e. The number of nitrogens with zero attached hydrogens (tertiary/aromatic N) is 2. The standard InChI is InChI=1S/C20H32N2O3/c23-19(16-3-4-16)21-9-5-17(6-10-21)22-13-18(25-14-15-1-2-15)20(22)7-11-24-12-8-20/h15-18H,1-14H2. The average Bonchev–Trinajstić information content (AvgIpc) is 3.55. The molecule has 0 bridgehead atoms. The fraction of sp³-hybridized carbons (Fsp3) is 0.950. The summed E-state index contributed by atoms with van der Waals surface area (Å²) in [5.74, 6) is 1.62. The molecular formula is C20H32N2O3. The normalized spacial score (nSPS) is 33.4. The Bertz CT molecular complexity index is 503. The highest BCUT2D eigenvalue weighted by atomic mass is 16.5. The highest BCUT2D eigenvalue weighted by Gasteiger charge is 2.57. The van der Waals surface area contributed by atoms with Gasteiger partial charge in [0.2, 0.25) is 5.91 Å². The van der Waals surface area contributed by atoms with Gasteiger partial charge in [0.1, 0.15) is 0 Å². The van der Waals surface area contributed by atoms with Crippen molar-refractivity contribution in [1.82, 2.24) is 9.80 Å². The smallest absolute Gasteiger partial charge is 0.225 e. The van der Waals surface area contributed by atoms with E-state index in [0.29, 0.717) is 24.0 Å². The van der Waals surface area contributed by atoms with Crippen LogP contribution >= 0.6 is 0 Å². The monoisotopic (exact) mass is 348 g/mol. The molecule has 5 rings (SSSR count). The Morgan fingerprint density at radius 3 is 2.40 bits per heavy atom. The maximum absolute atomic E-state index is 12.3. The Labute approximate surface area is 151 Å². The molecule has 5 heteroatoms. The average molecular weight is 348 g/mol. The molecule has 1 spiro atoms. The summed E-state index contributed by atoms with van der Waals surface area (Å²) in [4.78, 5) is 17.2. The number of amides is 1. The topological polar surface area (TPSA) is 42.0 Å². The number of hydrogen-bond donors (Lipinski definition) is 0. The Hall–Kier alpha value is -0.650. The third kappa shape index (κ3) is 3.13. The van der Waals surface area contributed by atoms with E-state index in [1.165, 1.54) is 12.8 Å². The van der Waals surface area contributed by atoms with Gasteiger partial charge in [0.15, 0.2) is 0 Å². The summed E-state index contributed by atoms with van der Waals surface area (Å²) in [6, 6.07) is 0.627. The van der Waals surface area contributed by atoms with Crippen LogP contribution in [-0.4, -0.2) is 72.8 Å². The fourth-order valence-corrected chi connectivity index (χ4v) is 5.18. The summed E-state index contributed by atoms with van der Waals surface area (Å²) in [5.41, 5.74) is 0.223. The van der Waals surface area contributed by atoms with E-state index in [9.17, 15) is 4.79 Å². The molecule has 3 saturated heterocycles. The molecule has 3 aliphatic heterocycles. The minimum atomic E-state index is 0.223. The van der Waals surface area contributed by atoms with Gasteiger partial charge in [0, 0.05) is 51.4 Å². The van der Waals surface area contributed by atoms with Crippen LogP contribution < -0.4 is 0 Å². The third-order valence-electron chi connectivity index (χ3n) is 7.27. The van der Waals surface area contributed by atoms with E-state index in [2.05, 4.69) is 9.80 Å². The van der Waals surface area contributed by atoms with Crippen LogP contribution in [0.3, 0.4) is 0 Å². The third-order valence-corrected chi connectivity index (χ3v) is 7.27. The maximum atomic E-state index is 12.3. The highest BCUT2D eigenvalue weighted by Crippen LogP contribution is 2.45. The van der Waals surface area contributed by atoms with Crippen LogP contribution in [0.4, 0.5) is 0 Å². The van der Waals surface area contributed by atoms with Crippen molar-refractivity contribution in [3.8, 4) is 0 Å². The molecule has 0 N–H and O–H groups in total. The van der Waals surface area contributed by atoms with Gasteiger partial charge in [-0.25, -0.2) is 0 Å². The number of ether oxygens (including phenoxy) is 2. The molecule has 1 atom stereocenters. The first-order valence-corrected chi connectivity index (χ1v) is 10.5. The minimum Gasteiger partial charge on any atom is -0.381 e. The zero-order chi connectivity index (χ0) is 16.9. The number of carbonyl (C=O) groups excluding carboxylic acids is 1. The first kappa shape index (κ1) is 16.5. The number of carbonyl (C=O) groups is 1. The number of likely N-dealkylation sites (tertiary alicyclic amines) is 2. The Balaban J connectivity index is 1.20. The van der Waals surface area contributed by atoms with Gasteiger partial charge in [0.25, 0.3) is 0 Å². The van der Waals surface area contributed by atoms with Crippen LogP contribution in [0.1, 0.15) is 51.4 Å². The molecule has 140 valence electrons. The molecule has 5 aliphatic rings. The quantitative estimate of drug-likeness (QED) is 0.763. The Morgan fingerprint density at radius 1 is 1.04 bits per heavy atom. The second-order valence-corrected chi connectivity index (χ2v) is 8.96. The molecule has 25 heavy (non-hydrogen) atoms. The largest absolute Gasteiger partial charge is 0.381 e. The van der Waals surface area contributed by atoms with Gasteiger partial charge in [-0.3, -0.25) is 9.69 Å². The first-order chi connectivity index (χ1) is 12.3. The lowest BCUT2D eigenvalue weighted by Gasteiger charge is -2.63. The van der Waals surface area contributed by atoms with Crippen molar-refractivity contribution in [3.05, 3.63) is 0 Å². The zero-order valence-corrected chi connectivity index (χ0v) is 15.3. The van der Waals surface area contributed by atoms with E-state index in [1.807, 2.05) is 0 Å². The summed E-state index contributed by atoms with van der Waals surface area (Å²) in [5, 5.41) is 0. The van der Waals surface area contributed by atoms with Gasteiger partial charge < -0.3 is 14.4 Å². The molecule has 0 radical (unpaired) electrons. The summed E-state index contributed by atoms with van der Waals surface area (Å²) in [7, 11) is 0. The number of piperidine rings is 1. The second-order valence-electron chi connectivity index (χ2n) is 8.96. The van der Waals surface area contributed by atoms with Gasteiger partial charge in [-0.1, -0.05) is 0 Å². The van der Waals surface area contributed by atoms with E-state index < -0.39 is 0 Å². The fourth-order valence-electron chi connectivity index (χ4n) is 5.18. The Morgan fingerprint density at radius 2 is 1.76 bits per heavy atom. The van der Waals surface area contributed by atoms with Gasteiger partial charge in [-0.05, 0) is 57.3 Å². The minimum absolute atomic E-state index is 0.223. The van der Waals surface area contributed by atoms with Crippen LogP contribution in [0.25, 0.3) is 0 Å². The molecule has 2 saturated carbocycles. The van der Waals surface area contributed by atoms with Crippen molar-refractivity contribution in [1.29, 1.82) is 0 Å². The van der Waals surface area contributed by atoms with Gasteiger partial charge in [-0.15, -0.1) is 0 Å². The lowest BCUT2D eigenvalue weighted by atomic mass is 9.73. The van der Waals surface area contributed by atoms with Crippen molar-refractivity contribution in [3.63, 3.8) is 0 Å². The van der Waals surface area contributed by atoms with E-state index in [4.69, 9.17) is 9.47 Å². The molecule has 0 aromatic rings. The van der Waals surface area contributed by atoms with Crippen molar-refractivity contribution >= 4 is 5.91 Å². The predicted molar refractivity (Wildman–Crippen MR) is 94.3 cm³/mol. The van der Waals surface area contributed by atoms with Gasteiger partial charge >= 0.3 is 0 Å². The van der Waals surface area contributed by atoms with Crippen LogP contribution in [0.15, 0.2) is 0 Å². The van der Waals surface area contributed by atoms with E-state index in [1.54, 1.807) is 0 Å². The summed E-state index contributed by atoms with van der Waals surface area (Å²) >= 11 is 0. The Kier molecular flexibility index (Phi) is 4.30. The summed E-state index contributed by atoms with van der Waals surface area (Å²) in [6.45, 7) is 5.72. The number of hydrogen-bond acceptors (Lipinski definition) is 4. The van der Waals surface area contributed by atoms with Crippen molar-refractivity contribution in [2.75, 3.05) is 39.5 Å². The highest BCUT2D eigenvalue weighted by molar-refractivity contribution is 5.81. The molecular weight excluding hydrogens is 316 g/mol. The molecule has 2 aliphatic carbocycles. The molecule has 0 aromatic heterocycles. The van der Waals surface area contributed by atoms with Crippen LogP contribution in [0.5, 0.6) is 0 Å². The van der Waals surface area contributed by atoms with Crippen LogP contribution in [0.2, 0.25) is 0 Å². The molecule has 3 heterocycles. The molecule has 1 unspecified atom stereocenters. The second kappa shape index (κ2) is 6.50. The van der Waals surface area contributed by atoms with E-state index in [-0.39, 0.29) is 5.54 Å². The number of rotatable bonds is 5. The molecule has 1 amide bonds. The van der Waals surface area contributed by atoms with Gasteiger partial charge in [0.05, 0.1) is 11.6 Å². The van der Waals surface area contributed by atoms with E-state index >= 15 is 0 Å².